The average Bonchev–Trinajstić information content (AvgIpc) is 3.10. The van der Waals surface area contributed by atoms with Crippen LogP contribution in [0.2, 0.25) is 0 Å². The van der Waals surface area contributed by atoms with Gasteiger partial charge in [0.2, 0.25) is 0 Å². The van der Waals surface area contributed by atoms with Crippen LogP contribution in [0.5, 0.6) is 5.75 Å². The van der Waals surface area contributed by atoms with Gasteiger partial charge in [-0.05, 0) is 25.0 Å². The molecular weight excluding hydrogens is 308 g/mol. The second-order valence-electron chi connectivity index (χ2n) is 5.79. The van der Waals surface area contributed by atoms with E-state index < -0.39 is 11.5 Å². The number of aromatic nitrogens is 1. The third kappa shape index (κ3) is 2.92. The Hall–Kier alpha value is -2.60. The van der Waals surface area contributed by atoms with Crippen molar-refractivity contribution < 1.29 is 14.6 Å². The van der Waals surface area contributed by atoms with Crippen molar-refractivity contribution in [3.63, 3.8) is 0 Å². The zero-order valence-electron chi connectivity index (χ0n) is 13.3. The molecule has 1 aromatic carbocycles. The number of fused-ring (bicyclic) bond motifs is 1. The summed E-state index contributed by atoms with van der Waals surface area (Å²) in [5.74, 6) is -0.877. The molecule has 1 saturated heterocycles. The van der Waals surface area contributed by atoms with Crippen LogP contribution >= 0.6 is 0 Å². The number of nitrogens with zero attached hydrogens (tertiary/aromatic N) is 1. The lowest BCUT2D eigenvalue weighted by Crippen LogP contribution is -2.37. The molecule has 6 nitrogen and oxygen atoms in total. The van der Waals surface area contributed by atoms with Crippen molar-refractivity contribution in [2.24, 2.45) is 0 Å². The molecule has 0 saturated carbocycles. The Kier molecular flexibility index (Phi) is 4.66. The fourth-order valence-corrected chi connectivity index (χ4v) is 3.00. The Bertz CT molecular complexity index is 835. The molecule has 1 aromatic heterocycles. The van der Waals surface area contributed by atoms with E-state index in [1.54, 1.807) is 30.3 Å². The number of carbonyl (C=O) groups excluding carboxylic acids is 1. The van der Waals surface area contributed by atoms with E-state index in [0.29, 0.717) is 24.1 Å². The highest BCUT2D eigenvalue weighted by Gasteiger charge is 2.23. The van der Waals surface area contributed by atoms with Crippen LogP contribution in [0.25, 0.3) is 10.9 Å². The van der Waals surface area contributed by atoms with E-state index in [0.717, 1.165) is 12.8 Å². The smallest absolute Gasteiger partial charge is 0.268 e. The number of para-hydroxylation sites is 1. The molecule has 1 aliphatic heterocycles. The Morgan fingerprint density at radius 2 is 2.25 bits per heavy atom. The van der Waals surface area contributed by atoms with Gasteiger partial charge in [-0.3, -0.25) is 9.59 Å². The minimum atomic E-state index is -0.587. The van der Waals surface area contributed by atoms with Crippen molar-refractivity contribution in [2.45, 2.75) is 25.5 Å². The molecule has 0 unspecified atom stereocenters. The molecule has 0 bridgehead atoms. The molecule has 126 valence electrons. The predicted molar refractivity (Wildman–Crippen MR) is 91.4 cm³/mol. The highest BCUT2D eigenvalue weighted by molar-refractivity contribution is 6.02. The zero-order chi connectivity index (χ0) is 17.1. The van der Waals surface area contributed by atoms with Gasteiger partial charge >= 0.3 is 0 Å². The maximum absolute atomic E-state index is 12.7. The molecule has 1 amide bonds. The number of aromatic hydroxyl groups is 1. The Morgan fingerprint density at radius 3 is 2.96 bits per heavy atom. The average molecular weight is 328 g/mol. The lowest BCUT2D eigenvalue weighted by atomic mass is 10.1. The van der Waals surface area contributed by atoms with Crippen LogP contribution in [0.15, 0.2) is 41.7 Å². The monoisotopic (exact) mass is 328 g/mol. The Morgan fingerprint density at radius 1 is 1.46 bits per heavy atom. The summed E-state index contributed by atoms with van der Waals surface area (Å²) in [4.78, 5) is 25.2. The molecule has 24 heavy (non-hydrogen) atoms. The van der Waals surface area contributed by atoms with E-state index in [4.69, 9.17) is 4.74 Å². The zero-order valence-corrected chi connectivity index (χ0v) is 13.3. The molecule has 1 fully saturated rings. The summed E-state index contributed by atoms with van der Waals surface area (Å²) in [6.07, 6.45) is 3.39. The van der Waals surface area contributed by atoms with Gasteiger partial charge in [-0.15, -0.1) is 6.58 Å². The van der Waals surface area contributed by atoms with Crippen LogP contribution in [0.3, 0.4) is 0 Å². The van der Waals surface area contributed by atoms with Crippen molar-refractivity contribution in [1.82, 2.24) is 9.88 Å². The number of hydrogen-bond acceptors (Lipinski definition) is 4. The molecular formula is C18H20N2O4. The van der Waals surface area contributed by atoms with E-state index in [1.807, 2.05) is 0 Å². The summed E-state index contributed by atoms with van der Waals surface area (Å²) in [7, 11) is 0. The first kappa shape index (κ1) is 16.3. The number of hydrogen-bond donors (Lipinski definition) is 2. The van der Waals surface area contributed by atoms with Gasteiger partial charge in [0.05, 0.1) is 11.6 Å². The minimum absolute atomic E-state index is 0.0352. The minimum Gasteiger partial charge on any atom is -0.506 e. The van der Waals surface area contributed by atoms with Crippen molar-refractivity contribution in [3.8, 4) is 5.75 Å². The Labute approximate surface area is 139 Å². The SMILES string of the molecule is C=CCn1c(=O)c(C(=O)NC[C@H]2CCCO2)c(O)c2ccccc21. The second kappa shape index (κ2) is 6.88. The summed E-state index contributed by atoms with van der Waals surface area (Å²) in [6.45, 7) is 4.92. The van der Waals surface area contributed by atoms with Crippen LogP contribution in [-0.4, -0.2) is 34.8 Å². The molecule has 0 aliphatic carbocycles. The van der Waals surface area contributed by atoms with Crippen LogP contribution in [0, 0.1) is 0 Å². The summed E-state index contributed by atoms with van der Waals surface area (Å²) in [5, 5.41) is 13.6. The number of allylic oxidation sites excluding steroid dienone is 1. The molecule has 1 aliphatic rings. The molecule has 0 spiro atoms. The second-order valence-corrected chi connectivity index (χ2v) is 5.79. The highest BCUT2D eigenvalue weighted by atomic mass is 16.5. The van der Waals surface area contributed by atoms with Crippen LogP contribution in [0.1, 0.15) is 23.2 Å². The van der Waals surface area contributed by atoms with Gasteiger partial charge in [-0.2, -0.15) is 0 Å². The van der Waals surface area contributed by atoms with Crippen molar-refractivity contribution in [3.05, 3.63) is 52.8 Å². The highest BCUT2D eigenvalue weighted by Crippen LogP contribution is 2.26. The van der Waals surface area contributed by atoms with E-state index in [9.17, 15) is 14.7 Å². The van der Waals surface area contributed by atoms with Crippen molar-refractivity contribution in [1.29, 1.82) is 0 Å². The molecule has 0 radical (unpaired) electrons. The topological polar surface area (TPSA) is 80.6 Å². The molecule has 3 rings (SSSR count). The maximum atomic E-state index is 12.7. The fraction of sp³-hybridized carbons (Fsp3) is 0.333. The molecule has 2 aromatic rings. The Balaban J connectivity index is 2.01. The van der Waals surface area contributed by atoms with Gasteiger partial charge in [0, 0.05) is 25.1 Å². The van der Waals surface area contributed by atoms with Crippen LogP contribution < -0.4 is 10.9 Å². The number of ether oxygens (including phenoxy) is 1. The third-order valence-electron chi connectivity index (χ3n) is 4.20. The number of amides is 1. The van der Waals surface area contributed by atoms with Crippen LogP contribution in [-0.2, 0) is 11.3 Å². The maximum Gasteiger partial charge on any atom is 0.268 e. The van der Waals surface area contributed by atoms with Gasteiger partial charge in [0.25, 0.3) is 11.5 Å². The number of benzene rings is 1. The fourth-order valence-electron chi connectivity index (χ4n) is 3.00. The van der Waals surface area contributed by atoms with Gasteiger partial charge < -0.3 is 19.7 Å². The largest absolute Gasteiger partial charge is 0.506 e. The van der Waals surface area contributed by atoms with Crippen LogP contribution in [0.4, 0.5) is 0 Å². The summed E-state index contributed by atoms with van der Waals surface area (Å²) in [5.41, 5.74) is -0.208. The number of carbonyl (C=O) groups is 1. The lowest BCUT2D eigenvalue weighted by molar-refractivity contribution is 0.0854. The quantitative estimate of drug-likeness (QED) is 0.820. The van der Waals surface area contributed by atoms with Gasteiger partial charge in [0.15, 0.2) is 0 Å². The number of nitrogens with one attached hydrogen (secondary N) is 1. The molecule has 2 N–H and O–H groups in total. The van der Waals surface area contributed by atoms with Crippen molar-refractivity contribution >= 4 is 16.8 Å². The molecule has 2 heterocycles. The van der Waals surface area contributed by atoms with E-state index in [1.165, 1.54) is 4.57 Å². The van der Waals surface area contributed by atoms with E-state index in [2.05, 4.69) is 11.9 Å². The summed E-state index contributed by atoms with van der Waals surface area (Å²) >= 11 is 0. The third-order valence-corrected chi connectivity index (χ3v) is 4.20. The van der Waals surface area contributed by atoms with Gasteiger partial charge in [-0.1, -0.05) is 18.2 Å². The molecule has 1 atom stereocenters. The number of rotatable bonds is 5. The first-order chi connectivity index (χ1) is 11.6. The van der Waals surface area contributed by atoms with Gasteiger partial charge in [-0.25, -0.2) is 0 Å². The van der Waals surface area contributed by atoms with E-state index in [-0.39, 0.29) is 24.0 Å². The summed E-state index contributed by atoms with van der Waals surface area (Å²) < 4.78 is 6.89. The standard InChI is InChI=1S/C18H20N2O4/c1-2-9-20-14-8-4-3-7-13(14)16(21)15(18(20)23)17(22)19-11-12-6-5-10-24-12/h2-4,7-8,12,21H,1,5-6,9-11H2,(H,19,22)/t12-/m1/s1. The summed E-state index contributed by atoms with van der Waals surface area (Å²) in [6, 6.07) is 6.94. The molecule has 6 heteroatoms. The number of pyridine rings is 1. The van der Waals surface area contributed by atoms with Gasteiger partial charge in [0.1, 0.15) is 11.3 Å². The normalized spacial score (nSPS) is 17.1. The van der Waals surface area contributed by atoms with E-state index >= 15 is 0 Å². The lowest BCUT2D eigenvalue weighted by Gasteiger charge is -2.15. The predicted octanol–water partition coefficient (Wildman–Crippen LogP) is 1.80. The first-order valence-corrected chi connectivity index (χ1v) is 7.98. The van der Waals surface area contributed by atoms with Crippen molar-refractivity contribution in [2.75, 3.05) is 13.2 Å². The first-order valence-electron chi connectivity index (χ1n) is 7.98.